The van der Waals surface area contributed by atoms with Gasteiger partial charge in [-0.05, 0) is 54.7 Å². The molecular formula is C27H34FN3O5. The average Bonchev–Trinajstić information content (AvgIpc) is 2.89. The van der Waals surface area contributed by atoms with Crippen LogP contribution in [0.4, 0.5) is 4.39 Å². The highest BCUT2D eigenvalue weighted by Gasteiger charge is 2.35. The molecule has 2 bridgehead atoms. The number of halogens is 1. The number of benzene rings is 2. The lowest BCUT2D eigenvalue weighted by Crippen LogP contribution is -2.51. The Morgan fingerprint density at radius 2 is 1.83 bits per heavy atom. The van der Waals surface area contributed by atoms with E-state index in [-0.39, 0.29) is 18.8 Å². The second-order valence-electron chi connectivity index (χ2n) is 9.08. The van der Waals surface area contributed by atoms with E-state index in [1.165, 1.54) is 12.1 Å². The Kier molecular flexibility index (Phi) is 10.2. The highest BCUT2D eigenvalue weighted by Crippen LogP contribution is 2.26. The second kappa shape index (κ2) is 13.6. The van der Waals surface area contributed by atoms with Crippen molar-refractivity contribution in [2.45, 2.75) is 58.0 Å². The maximum Gasteiger partial charge on any atom is 0.247 e. The molecule has 0 fully saturated rings. The fourth-order valence-corrected chi connectivity index (χ4v) is 4.39. The predicted octanol–water partition coefficient (Wildman–Crippen LogP) is 3.27. The molecule has 4 N–H and O–H groups in total. The van der Waals surface area contributed by atoms with Crippen LogP contribution in [0.2, 0.25) is 0 Å². The fraction of sp³-hybridized carbons (Fsp3) is 0.444. The summed E-state index contributed by atoms with van der Waals surface area (Å²) in [6, 6.07) is 12.2. The summed E-state index contributed by atoms with van der Waals surface area (Å²) in [5.41, 5.74) is 3.25. The molecule has 2 aromatic carbocycles. The van der Waals surface area contributed by atoms with Crippen LogP contribution in [-0.2, 0) is 27.3 Å². The molecule has 9 heteroatoms. The van der Waals surface area contributed by atoms with Gasteiger partial charge in [-0.2, -0.15) is 0 Å². The zero-order valence-corrected chi connectivity index (χ0v) is 20.5. The standard InChI is InChI=1S/C27H34FN3O5/c1-2-3-5-22-23(26(33)31-35)6-4-15-36-21-13-9-18(10-14-21)16-24(30-25(22)32)27(34)29-17-19-7-11-20(28)12-8-19/h7-14,22-24,35H,2-6,15-17H2,1H3,(H,29,34)(H,30,32)(H,31,33)/t22-,23+,24+/m1/s1. The van der Waals surface area contributed by atoms with E-state index in [2.05, 4.69) is 10.6 Å². The lowest BCUT2D eigenvalue weighted by molar-refractivity contribution is -0.141. The van der Waals surface area contributed by atoms with Gasteiger partial charge in [0.25, 0.3) is 0 Å². The number of rotatable bonds is 7. The van der Waals surface area contributed by atoms with Gasteiger partial charge in [-0.3, -0.25) is 19.6 Å². The van der Waals surface area contributed by atoms with E-state index in [1.807, 2.05) is 19.1 Å². The summed E-state index contributed by atoms with van der Waals surface area (Å²) >= 11 is 0. The van der Waals surface area contributed by atoms with Crippen molar-refractivity contribution in [2.75, 3.05) is 6.61 Å². The summed E-state index contributed by atoms with van der Waals surface area (Å²) in [4.78, 5) is 39.2. The monoisotopic (exact) mass is 499 g/mol. The normalized spacial score (nSPS) is 20.5. The number of amides is 3. The third kappa shape index (κ3) is 7.78. The fourth-order valence-electron chi connectivity index (χ4n) is 4.39. The Labute approximate surface area is 210 Å². The van der Waals surface area contributed by atoms with Crippen molar-refractivity contribution in [2.24, 2.45) is 11.8 Å². The van der Waals surface area contributed by atoms with Crippen molar-refractivity contribution in [3.05, 3.63) is 65.5 Å². The van der Waals surface area contributed by atoms with Gasteiger partial charge in [-0.1, -0.05) is 44.0 Å². The molecule has 0 radical (unpaired) electrons. The molecule has 4 rings (SSSR count). The number of ether oxygens (including phenoxy) is 1. The van der Waals surface area contributed by atoms with E-state index in [9.17, 15) is 24.0 Å². The number of hydrogen-bond acceptors (Lipinski definition) is 5. The largest absolute Gasteiger partial charge is 0.494 e. The molecule has 0 spiro atoms. The third-order valence-corrected chi connectivity index (χ3v) is 6.44. The quantitative estimate of drug-likeness (QED) is 0.345. The molecule has 0 aliphatic carbocycles. The lowest BCUT2D eigenvalue weighted by Gasteiger charge is -2.28. The van der Waals surface area contributed by atoms with Crippen LogP contribution in [0, 0.1) is 17.7 Å². The Morgan fingerprint density at radius 3 is 2.50 bits per heavy atom. The van der Waals surface area contributed by atoms with Gasteiger partial charge in [0.05, 0.1) is 12.5 Å². The topological polar surface area (TPSA) is 117 Å². The van der Waals surface area contributed by atoms with Crippen LogP contribution >= 0.6 is 0 Å². The van der Waals surface area contributed by atoms with E-state index >= 15 is 0 Å². The first kappa shape index (κ1) is 27.1. The molecule has 8 nitrogen and oxygen atoms in total. The molecule has 2 heterocycles. The lowest BCUT2D eigenvalue weighted by atomic mass is 9.83. The van der Waals surface area contributed by atoms with E-state index < -0.39 is 35.6 Å². The molecule has 2 aliphatic rings. The number of hydrogen-bond donors (Lipinski definition) is 4. The third-order valence-electron chi connectivity index (χ3n) is 6.44. The van der Waals surface area contributed by atoms with Gasteiger partial charge in [0.1, 0.15) is 17.6 Å². The maximum absolute atomic E-state index is 13.5. The number of carbonyl (C=O) groups is 3. The first-order valence-corrected chi connectivity index (χ1v) is 12.4. The molecular weight excluding hydrogens is 465 g/mol. The van der Waals surface area contributed by atoms with Gasteiger partial charge < -0.3 is 15.4 Å². The summed E-state index contributed by atoms with van der Waals surface area (Å²) in [6.07, 6.45) is 3.07. The number of nitrogens with one attached hydrogen (secondary N) is 3. The van der Waals surface area contributed by atoms with Gasteiger partial charge in [0.15, 0.2) is 0 Å². The molecule has 36 heavy (non-hydrogen) atoms. The maximum atomic E-state index is 13.5. The zero-order chi connectivity index (χ0) is 25.9. The van der Waals surface area contributed by atoms with Gasteiger partial charge in [0, 0.05) is 18.9 Å². The smallest absolute Gasteiger partial charge is 0.247 e. The summed E-state index contributed by atoms with van der Waals surface area (Å²) in [7, 11) is 0. The molecule has 194 valence electrons. The van der Waals surface area contributed by atoms with Gasteiger partial charge in [0.2, 0.25) is 17.7 Å². The number of unbranched alkanes of at least 4 members (excludes halogenated alkanes) is 1. The second-order valence-corrected chi connectivity index (χ2v) is 9.08. The SMILES string of the molecule is CCCC[C@H]1C(=O)N[C@H](C(=O)NCc2ccc(F)cc2)Cc2ccc(cc2)OCCC[C@@H]1C(=O)NO. The highest BCUT2D eigenvalue weighted by molar-refractivity contribution is 5.91. The zero-order valence-electron chi connectivity index (χ0n) is 20.5. The summed E-state index contributed by atoms with van der Waals surface area (Å²) in [5, 5.41) is 15.0. The van der Waals surface area contributed by atoms with Gasteiger partial charge >= 0.3 is 0 Å². The van der Waals surface area contributed by atoms with E-state index in [0.717, 1.165) is 17.5 Å². The van der Waals surface area contributed by atoms with Crippen LogP contribution in [0.3, 0.4) is 0 Å². The molecule has 0 saturated heterocycles. The Morgan fingerprint density at radius 1 is 1.11 bits per heavy atom. The molecule has 2 aliphatic heterocycles. The molecule has 0 saturated carbocycles. The summed E-state index contributed by atoms with van der Waals surface area (Å²) in [6.45, 7) is 2.53. The molecule has 3 atom stereocenters. The number of carbonyl (C=O) groups excluding carboxylic acids is 3. The minimum atomic E-state index is -0.894. The molecule has 0 unspecified atom stereocenters. The van der Waals surface area contributed by atoms with E-state index in [1.54, 1.807) is 29.7 Å². The Hall–Kier alpha value is -3.46. The summed E-state index contributed by atoms with van der Waals surface area (Å²) < 4.78 is 19.0. The minimum Gasteiger partial charge on any atom is -0.494 e. The Bertz CT molecular complexity index is 1010. The molecule has 0 aromatic heterocycles. The van der Waals surface area contributed by atoms with Crippen molar-refractivity contribution in [1.82, 2.24) is 16.1 Å². The van der Waals surface area contributed by atoms with Crippen LogP contribution in [0.5, 0.6) is 5.75 Å². The highest BCUT2D eigenvalue weighted by atomic mass is 19.1. The average molecular weight is 500 g/mol. The van der Waals surface area contributed by atoms with Crippen LogP contribution < -0.4 is 20.9 Å². The number of fused-ring (bicyclic) bond motifs is 11. The number of hydroxylamine groups is 1. The first-order chi connectivity index (χ1) is 17.4. The van der Waals surface area contributed by atoms with Crippen LogP contribution in [0.25, 0.3) is 0 Å². The van der Waals surface area contributed by atoms with Crippen LogP contribution in [-0.4, -0.2) is 35.6 Å². The molecule has 2 aromatic rings. The van der Waals surface area contributed by atoms with E-state index in [0.29, 0.717) is 38.0 Å². The van der Waals surface area contributed by atoms with Crippen molar-refractivity contribution in [3.8, 4) is 5.75 Å². The first-order valence-electron chi connectivity index (χ1n) is 12.4. The van der Waals surface area contributed by atoms with Gasteiger partial charge in [-0.15, -0.1) is 0 Å². The minimum absolute atomic E-state index is 0.174. The van der Waals surface area contributed by atoms with Crippen molar-refractivity contribution < 1.29 is 28.7 Å². The van der Waals surface area contributed by atoms with Crippen molar-refractivity contribution in [3.63, 3.8) is 0 Å². The Balaban J connectivity index is 1.85. The van der Waals surface area contributed by atoms with Crippen LogP contribution in [0.1, 0.15) is 50.2 Å². The molecule has 3 amide bonds. The predicted molar refractivity (Wildman–Crippen MR) is 131 cm³/mol. The van der Waals surface area contributed by atoms with Gasteiger partial charge in [-0.25, -0.2) is 9.87 Å². The van der Waals surface area contributed by atoms with Crippen LogP contribution in [0.15, 0.2) is 48.5 Å². The van der Waals surface area contributed by atoms with Crippen molar-refractivity contribution >= 4 is 17.7 Å². The summed E-state index contributed by atoms with van der Waals surface area (Å²) in [5.74, 6) is -2.60. The van der Waals surface area contributed by atoms with E-state index in [4.69, 9.17) is 4.74 Å². The van der Waals surface area contributed by atoms with Crippen molar-refractivity contribution in [1.29, 1.82) is 0 Å².